The molecular formula is C26H23F2N3O7. The molecule has 0 spiro atoms. The van der Waals surface area contributed by atoms with Gasteiger partial charge in [-0.05, 0) is 11.6 Å². The Bertz CT molecular complexity index is 1450. The van der Waals surface area contributed by atoms with Crippen molar-refractivity contribution in [2.75, 3.05) is 32.6 Å². The smallest absolute Gasteiger partial charge is 0.493 e. The second-order valence-electron chi connectivity index (χ2n) is 8.59. The van der Waals surface area contributed by atoms with Gasteiger partial charge in [-0.3, -0.25) is 19.3 Å². The topological polar surface area (TPSA) is 99.5 Å². The number of ether oxygens (including phenoxy) is 4. The van der Waals surface area contributed by atoms with Crippen LogP contribution in [0.1, 0.15) is 34.1 Å². The van der Waals surface area contributed by atoms with E-state index in [0.29, 0.717) is 17.5 Å². The van der Waals surface area contributed by atoms with Gasteiger partial charge >= 0.3 is 6.16 Å². The zero-order valence-corrected chi connectivity index (χ0v) is 20.4. The van der Waals surface area contributed by atoms with Crippen LogP contribution >= 0.6 is 0 Å². The maximum Gasteiger partial charge on any atom is 0.510 e. The molecule has 1 amide bonds. The van der Waals surface area contributed by atoms with Crippen LogP contribution < -0.4 is 19.9 Å². The van der Waals surface area contributed by atoms with Crippen LogP contribution in [-0.2, 0) is 9.47 Å². The lowest BCUT2D eigenvalue weighted by atomic mass is 9.95. The largest absolute Gasteiger partial charge is 0.510 e. The first-order valence-corrected chi connectivity index (χ1v) is 11.6. The summed E-state index contributed by atoms with van der Waals surface area (Å²) in [5.41, 5.74) is 0.268. The van der Waals surface area contributed by atoms with E-state index in [1.165, 1.54) is 21.8 Å². The van der Waals surface area contributed by atoms with Gasteiger partial charge in [0.25, 0.3) is 5.91 Å². The van der Waals surface area contributed by atoms with Crippen LogP contribution in [0.2, 0.25) is 0 Å². The molecule has 0 fully saturated rings. The Morgan fingerprint density at radius 2 is 1.84 bits per heavy atom. The lowest BCUT2D eigenvalue weighted by molar-refractivity contribution is 0.0131. The molecule has 38 heavy (non-hydrogen) atoms. The van der Waals surface area contributed by atoms with Gasteiger partial charge in [-0.25, -0.2) is 13.6 Å². The Kier molecular flexibility index (Phi) is 6.62. The second-order valence-corrected chi connectivity index (χ2v) is 8.59. The van der Waals surface area contributed by atoms with E-state index >= 15 is 0 Å². The van der Waals surface area contributed by atoms with Crippen LogP contribution in [0.4, 0.5) is 13.6 Å². The van der Waals surface area contributed by atoms with Crippen molar-refractivity contribution in [3.8, 4) is 11.5 Å². The molecule has 12 heteroatoms. The fourth-order valence-corrected chi connectivity index (χ4v) is 4.74. The predicted octanol–water partition coefficient (Wildman–Crippen LogP) is 3.17. The number of methoxy groups -OCH3 is 1. The highest BCUT2D eigenvalue weighted by Crippen LogP contribution is 2.41. The first-order chi connectivity index (χ1) is 18.3. The SMILES string of the molecule is COC(=O)OCOc1c2n(ccc1=O)N1[C@@H](c3ccccc3)c3cc(F)c(F)cc3OCC[C@@H]1N(C)C2=O. The highest BCUT2D eigenvalue weighted by Gasteiger charge is 2.43. The Labute approximate surface area is 215 Å². The summed E-state index contributed by atoms with van der Waals surface area (Å²) in [5.74, 6) is -2.83. The molecule has 0 N–H and O–H groups in total. The third-order valence-electron chi connectivity index (χ3n) is 6.47. The molecule has 0 radical (unpaired) electrons. The molecule has 0 bridgehead atoms. The maximum absolute atomic E-state index is 14.6. The third kappa shape index (κ3) is 4.27. The van der Waals surface area contributed by atoms with Crippen molar-refractivity contribution in [3.63, 3.8) is 0 Å². The number of pyridine rings is 1. The van der Waals surface area contributed by atoms with E-state index in [2.05, 4.69) is 4.74 Å². The molecule has 198 valence electrons. The van der Waals surface area contributed by atoms with E-state index in [9.17, 15) is 23.2 Å². The molecule has 2 aliphatic heterocycles. The van der Waals surface area contributed by atoms with Crippen molar-refractivity contribution >= 4 is 12.1 Å². The summed E-state index contributed by atoms with van der Waals surface area (Å²) < 4.78 is 50.7. The zero-order chi connectivity index (χ0) is 27.0. The van der Waals surface area contributed by atoms with Gasteiger partial charge in [0.1, 0.15) is 18.0 Å². The van der Waals surface area contributed by atoms with Gasteiger partial charge in [-0.2, -0.15) is 0 Å². The van der Waals surface area contributed by atoms with Crippen LogP contribution in [0, 0.1) is 11.6 Å². The van der Waals surface area contributed by atoms with Crippen LogP contribution in [0.3, 0.4) is 0 Å². The van der Waals surface area contributed by atoms with E-state index in [1.54, 1.807) is 24.2 Å². The molecule has 0 unspecified atom stereocenters. The third-order valence-corrected chi connectivity index (χ3v) is 6.47. The zero-order valence-electron chi connectivity index (χ0n) is 20.4. The van der Waals surface area contributed by atoms with Crippen LogP contribution in [0.25, 0.3) is 0 Å². The number of carbonyl (C=O) groups is 2. The van der Waals surface area contributed by atoms with Gasteiger partial charge in [-0.1, -0.05) is 30.3 Å². The van der Waals surface area contributed by atoms with Crippen molar-refractivity contribution < 1.29 is 37.3 Å². The van der Waals surface area contributed by atoms with Crippen molar-refractivity contribution in [2.45, 2.75) is 18.6 Å². The predicted molar refractivity (Wildman–Crippen MR) is 129 cm³/mol. The van der Waals surface area contributed by atoms with E-state index < -0.39 is 48.1 Å². The minimum absolute atomic E-state index is 0.101. The number of benzene rings is 2. The molecular weight excluding hydrogens is 504 g/mol. The number of fused-ring (bicyclic) bond motifs is 4. The number of hydrogen-bond acceptors (Lipinski definition) is 8. The van der Waals surface area contributed by atoms with Crippen molar-refractivity contribution in [2.24, 2.45) is 0 Å². The normalized spacial score (nSPS) is 18.3. The lowest BCUT2D eigenvalue weighted by Crippen LogP contribution is -2.62. The standard InChI is InChI=1S/C26H23F2N3O7/c1-29-21-9-11-36-20-13-18(28)17(27)12-16(20)22(15-6-4-3-5-7-15)31(21)30-10-8-19(32)24(23(30)25(29)33)37-14-38-26(34)35-2/h3-8,10,12-13,21-22H,9,11,14H2,1-2H3/t21-,22+/m1/s1. The van der Waals surface area contributed by atoms with E-state index in [0.717, 1.165) is 19.2 Å². The molecule has 2 aliphatic rings. The number of rotatable bonds is 4. The summed E-state index contributed by atoms with van der Waals surface area (Å²) in [5, 5.41) is 1.79. The van der Waals surface area contributed by atoms with Gasteiger partial charge in [0.05, 0.1) is 13.7 Å². The fraction of sp³-hybridized carbons (Fsp3) is 0.269. The monoisotopic (exact) mass is 527 g/mol. The minimum atomic E-state index is -1.06. The average molecular weight is 527 g/mol. The number of amides is 1. The summed E-state index contributed by atoms with van der Waals surface area (Å²) in [6.45, 7) is -0.577. The Balaban J connectivity index is 1.73. The van der Waals surface area contributed by atoms with E-state index in [1.807, 2.05) is 18.2 Å². The Hall–Kier alpha value is -4.61. The number of hydrogen-bond donors (Lipinski definition) is 0. The highest BCUT2D eigenvalue weighted by atomic mass is 19.2. The first kappa shape index (κ1) is 25.1. The van der Waals surface area contributed by atoms with E-state index in [-0.39, 0.29) is 23.8 Å². The fourth-order valence-electron chi connectivity index (χ4n) is 4.74. The van der Waals surface area contributed by atoms with Gasteiger partial charge in [0, 0.05) is 37.4 Å². The van der Waals surface area contributed by atoms with Gasteiger partial charge < -0.3 is 23.8 Å². The van der Waals surface area contributed by atoms with Crippen molar-refractivity contribution in [3.05, 3.63) is 93.4 Å². The lowest BCUT2D eigenvalue weighted by Gasteiger charge is -2.50. The molecule has 3 heterocycles. The first-order valence-electron chi connectivity index (χ1n) is 11.6. The number of carbonyl (C=O) groups excluding carboxylic acids is 2. The van der Waals surface area contributed by atoms with Crippen LogP contribution in [-0.4, -0.2) is 55.4 Å². The molecule has 5 rings (SSSR count). The Morgan fingerprint density at radius 1 is 1.11 bits per heavy atom. The molecule has 2 atom stereocenters. The second kappa shape index (κ2) is 10.0. The molecule has 2 aromatic carbocycles. The van der Waals surface area contributed by atoms with Crippen LogP contribution in [0.5, 0.6) is 11.5 Å². The average Bonchev–Trinajstić information content (AvgIpc) is 2.91. The number of halogens is 2. The molecule has 1 aromatic heterocycles. The maximum atomic E-state index is 14.6. The summed E-state index contributed by atoms with van der Waals surface area (Å²) in [7, 11) is 2.67. The van der Waals surface area contributed by atoms with Gasteiger partial charge in [0.15, 0.2) is 17.3 Å². The number of aromatic nitrogens is 1. The number of nitrogens with zero attached hydrogens (tertiary/aromatic N) is 3. The summed E-state index contributed by atoms with van der Waals surface area (Å²) >= 11 is 0. The van der Waals surface area contributed by atoms with Gasteiger partial charge in [0.2, 0.25) is 18.0 Å². The minimum Gasteiger partial charge on any atom is -0.493 e. The summed E-state index contributed by atoms with van der Waals surface area (Å²) in [6.07, 6.45) is 0.0824. The molecule has 0 aliphatic carbocycles. The summed E-state index contributed by atoms with van der Waals surface area (Å²) in [4.78, 5) is 39.1. The van der Waals surface area contributed by atoms with Crippen LogP contribution in [0.15, 0.2) is 59.5 Å². The van der Waals surface area contributed by atoms with Gasteiger partial charge in [-0.15, -0.1) is 0 Å². The van der Waals surface area contributed by atoms with Crippen molar-refractivity contribution in [1.82, 2.24) is 9.58 Å². The summed E-state index contributed by atoms with van der Waals surface area (Å²) in [6, 6.07) is 11.6. The van der Waals surface area contributed by atoms with Crippen molar-refractivity contribution in [1.29, 1.82) is 0 Å². The molecule has 10 nitrogen and oxygen atoms in total. The highest BCUT2D eigenvalue weighted by molar-refractivity contribution is 5.96. The molecule has 0 saturated heterocycles. The van der Waals surface area contributed by atoms with E-state index in [4.69, 9.17) is 14.2 Å². The Morgan fingerprint density at radius 3 is 2.58 bits per heavy atom. The molecule has 3 aromatic rings. The molecule has 0 saturated carbocycles. The quantitative estimate of drug-likeness (QED) is 0.377.